The summed E-state index contributed by atoms with van der Waals surface area (Å²) < 4.78 is 82.9. The summed E-state index contributed by atoms with van der Waals surface area (Å²) in [6, 6.07) is 13.6. The molecule has 1 atom stereocenters. The molecule has 0 fully saturated rings. The van der Waals surface area contributed by atoms with Crippen molar-refractivity contribution in [1.29, 1.82) is 0 Å². The van der Waals surface area contributed by atoms with Gasteiger partial charge in [0.2, 0.25) is 5.91 Å². The third kappa shape index (κ3) is 7.63. The molecule has 2 aromatic carbocycles. The molecule has 3 nitrogen and oxygen atoms in total. The maximum Gasteiger partial charge on any atom is 0.416 e. The van der Waals surface area contributed by atoms with Gasteiger partial charge < -0.3 is 9.64 Å². The number of alkyl halides is 6. The van der Waals surface area contributed by atoms with Crippen LogP contribution in [0.15, 0.2) is 78.1 Å². The molecule has 1 aliphatic carbocycles. The molecule has 2 aromatic rings. The van der Waals surface area contributed by atoms with E-state index >= 15 is 0 Å². The molecule has 0 saturated carbocycles. The predicted octanol–water partition coefficient (Wildman–Crippen LogP) is 7.02. The number of hydrogen-bond acceptors (Lipinski definition) is 2. The van der Waals surface area contributed by atoms with E-state index < -0.39 is 29.6 Å². The maximum absolute atomic E-state index is 12.9. The highest BCUT2D eigenvalue weighted by Crippen LogP contribution is 2.35. The van der Waals surface area contributed by atoms with Crippen molar-refractivity contribution in [3.63, 3.8) is 0 Å². The topological polar surface area (TPSA) is 29.5 Å². The van der Waals surface area contributed by atoms with Crippen molar-refractivity contribution >= 4 is 5.91 Å². The molecular weight excluding hydrogens is 472 g/mol. The summed E-state index contributed by atoms with van der Waals surface area (Å²) in [4.78, 5) is 14.1. The minimum absolute atomic E-state index is 0.0539. The highest BCUT2D eigenvalue weighted by Gasteiger charge is 2.34. The van der Waals surface area contributed by atoms with Gasteiger partial charge in [-0.1, -0.05) is 48.5 Å². The van der Waals surface area contributed by atoms with Gasteiger partial charge in [0.15, 0.2) is 0 Å². The highest BCUT2D eigenvalue weighted by molar-refractivity contribution is 5.78. The van der Waals surface area contributed by atoms with Crippen LogP contribution < -0.4 is 0 Å². The molecule has 0 aromatic heterocycles. The first-order chi connectivity index (χ1) is 16.4. The SMILES string of the molecule is CN(CC[C@H](OC1=CC=C(C(F)(F)F)CC1)c1ccccc1)C(=O)Cc1ccc(C(F)(F)F)cc1. The smallest absolute Gasteiger partial charge is 0.416 e. The number of nitrogens with zero attached hydrogens (tertiary/aromatic N) is 1. The molecule has 0 saturated heterocycles. The molecule has 0 aliphatic heterocycles. The van der Waals surface area contributed by atoms with Crippen molar-refractivity contribution in [2.45, 2.75) is 44.1 Å². The monoisotopic (exact) mass is 497 g/mol. The van der Waals surface area contributed by atoms with E-state index in [1.807, 2.05) is 30.3 Å². The Kier molecular flexibility index (Phi) is 8.30. The molecule has 0 unspecified atom stereocenters. The van der Waals surface area contributed by atoms with Crippen LogP contribution >= 0.6 is 0 Å². The van der Waals surface area contributed by atoms with E-state index in [4.69, 9.17) is 4.74 Å². The summed E-state index contributed by atoms with van der Waals surface area (Å²) in [6.45, 7) is 0.288. The molecule has 1 aliphatic rings. The van der Waals surface area contributed by atoms with E-state index in [1.165, 1.54) is 23.1 Å². The van der Waals surface area contributed by atoms with Crippen molar-refractivity contribution in [3.8, 4) is 0 Å². The van der Waals surface area contributed by atoms with Crippen LogP contribution in [0, 0.1) is 0 Å². The molecule has 9 heteroatoms. The van der Waals surface area contributed by atoms with Gasteiger partial charge in [-0.05, 0) is 35.8 Å². The first kappa shape index (κ1) is 26.4. The van der Waals surface area contributed by atoms with Crippen LogP contribution in [0.2, 0.25) is 0 Å². The van der Waals surface area contributed by atoms with Crippen LogP contribution in [0.1, 0.15) is 42.1 Å². The number of likely N-dealkylation sites (N-methyl/N-ethyl adjacent to an activating group) is 1. The fourth-order valence-electron chi connectivity index (χ4n) is 3.65. The molecule has 1 amide bonds. The number of rotatable bonds is 8. The number of ether oxygens (including phenoxy) is 1. The summed E-state index contributed by atoms with van der Waals surface area (Å²) in [5, 5.41) is 0. The zero-order valence-corrected chi connectivity index (χ0v) is 19.0. The molecule has 188 valence electrons. The molecule has 0 heterocycles. The average Bonchev–Trinajstić information content (AvgIpc) is 2.81. The molecule has 3 rings (SSSR count). The van der Waals surface area contributed by atoms with Gasteiger partial charge in [0, 0.05) is 32.0 Å². The molecular formula is C26H25F6NO2. The number of halogens is 6. The van der Waals surface area contributed by atoms with Gasteiger partial charge in [0.25, 0.3) is 0 Å². The van der Waals surface area contributed by atoms with Crippen molar-refractivity contribution in [2.75, 3.05) is 13.6 Å². The van der Waals surface area contributed by atoms with Gasteiger partial charge in [0.1, 0.15) is 6.10 Å². The van der Waals surface area contributed by atoms with Crippen molar-refractivity contribution in [2.24, 2.45) is 0 Å². The Bertz CT molecular complexity index is 1060. The lowest BCUT2D eigenvalue weighted by Gasteiger charge is -2.26. The van der Waals surface area contributed by atoms with E-state index in [0.29, 0.717) is 17.7 Å². The number of hydrogen-bond donors (Lipinski definition) is 0. The lowest BCUT2D eigenvalue weighted by Crippen LogP contribution is -2.30. The minimum Gasteiger partial charge on any atom is -0.490 e. The summed E-state index contributed by atoms with van der Waals surface area (Å²) in [7, 11) is 1.59. The predicted molar refractivity (Wildman–Crippen MR) is 119 cm³/mol. The first-order valence-electron chi connectivity index (χ1n) is 11.0. The zero-order chi connectivity index (χ0) is 25.6. The van der Waals surface area contributed by atoms with Crippen LogP contribution in [0.25, 0.3) is 0 Å². The quantitative estimate of drug-likeness (QED) is 0.367. The van der Waals surface area contributed by atoms with Gasteiger partial charge in [0.05, 0.1) is 17.7 Å². The second kappa shape index (κ2) is 11.0. The Labute approximate surface area is 199 Å². The van der Waals surface area contributed by atoms with E-state index in [1.54, 1.807) is 7.05 Å². The van der Waals surface area contributed by atoms with Crippen molar-refractivity contribution in [1.82, 2.24) is 4.90 Å². The van der Waals surface area contributed by atoms with Crippen LogP contribution in [0.5, 0.6) is 0 Å². The third-order valence-corrected chi connectivity index (χ3v) is 5.73. The molecule has 0 bridgehead atoms. The van der Waals surface area contributed by atoms with E-state index in [-0.39, 0.29) is 31.7 Å². The van der Waals surface area contributed by atoms with Gasteiger partial charge in [-0.2, -0.15) is 26.3 Å². The molecule has 0 N–H and O–H groups in total. The van der Waals surface area contributed by atoms with E-state index in [2.05, 4.69) is 0 Å². The molecule has 0 radical (unpaired) electrons. The summed E-state index contributed by atoms with van der Waals surface area (Å²) in [5.41, 5.74) is -0.0956. The number of carbonyl (C=O) groups is 1. The zero-order valence-electron chi connectivity index (χ0n) is 19.0. The Balaban J connectivity index is 1.62. The fourth-order valence-corrected chi connectivity index (χ4v) is 3.65. The van der Waals surface area contributed by atoms with Gasteiger partial charge in [-0.25, -0.2) is 0 Å². The minimum atomic E-state index is -4.44. The molecule has 35 heavy (non-hydrogen) atoms. The maximum atomic E-state index is 12.9. The van der Waals surface area contributed by atoms with E-state index in [0.717, 1.165) is 23.8 Å². The number of allylic oxidation sites excluding steroid dienone is 4. The Morgan fingerprint density at radius 1 is 0.914 bits per heavy atom. The summed E-state index contributed by atoms with van der Waals surface area (Å²) in [5.74, 6) is 0.164. The van der Waals surface area contributed by atoms with Crippen LogP contribution in [0.4, 0.5) is 26.3 Å². The molecule has 0 spiro atoms. The largest absolute Gasteiger partial charge is 0.490 e. The Morgan fingerprint density at radius 2 is 1.57 bits per heavy atom. The fraction of sp³-hybridized carbons (Fsp3) is 0.346. The number of carbonyl (C=O) groups excluding carboxylic acids is 1. The Hall–Kier alpha value is -3.23. The number of benzene rings is 2. The standard InChI is InChI=1S/C26H25F6NO2/c1-33(24(34)17-18-7-9-20(10-8-18)25(27,28)29)16-15-23(19-5-3-2-4-6-19)35-22-13-11-21(12-14-22)26(30,31)32/h2-11,13,23H,12,14-17H2,1H3/t23-/m0/s1. The van der Waals surface area contributed by atoms with Crippen LogP contribution in [-0.2, 0) is 22.1 Å². The van der Waals surface area contributed by atoms with Gasteiger partial charge in [-0.15, -0.1) is 0 Å². The summed E-state index contributed by atoms with van der Waals surface area (Å²) >= 11 is 0. The third-order valence-electron chi connectivity index (χ3n) is 5.73. The lowest BCUT2D eigenvalue weighted by molar-refractivity contribution is -0.137. The van der Waals surface area contributed by atoms with Crippen molar-refractivity contribution < 1.29 is 35.9 Å². The summed E-state index contributed by atoms with van der Waals surface area (Å²) in [6.07, 6.45) is -6.64. The van der Waals surface area contributed by atoms with E-state index in [9.17, 15) is 31.1 Å². The van der Waals surface area contributed by atoms with Gasteiger partial charge in [-0.3, -0.25) is 4.79 Å². The highest BCUT2D eigenvalue weighted by atomic mass is 19.4. The average molecular weight is 497 g/mol. The second-order valence-electron chi connectivity index (χ2n) is 8.32. The number of amides is 1. The van der Waals surface area contributed by atoms with Gasteiger partial charge >= 0.3 is 12.4 Å². The van der Waals surface area contributed by atoms with Crippen LogP contribution in [0.3, 0.4) is 0 Å². The first-order valence-corrected chi connectivity index (χ1v) is 11.0. The second-order valence-corrected chi connectivity index (χ2v) is 8.32. The van der Waals surface area contributed by atoms with Crippen LogP contribution in [-0.4, -0.2) is 30.6 Å². The Morgan fingerprint density at radius 3 is 2.11 bits per heavy atom. The van der Waals surface area contributed by atoms with Crippen molar-refractivity contribution in [3.05, 3.63) is 94.8 Å². The lowest BCUT2D eigenvalue weighted by atomic mass is 10.0. The normalized spacial score (nSPS) is 15.2.